The lowest BCUT2D eigenvalue weighted by Gasteiger charge is -2.30. The second-order valence-corrected chi connectivity index (χ2v) is 9.55. The topological polar surface area (TPSA) is 64.5 Å². The number of ether oxygens (including phenoxy) is 2. The van der Waals surface area contributed by atoms with E-state index in [2.05, 4.69) is 9.97 Å². The smallest absolute Gasteiger partial charge is 0.429 e. The van der Waals surface area contributed by atoms with Crippen LogP contribution >= 0.6 is 11.3 Å². The zero-order chi connectivity index (χ0) is 23.1. The van der Waals surface area contributed by atoms with Gasteiger partial charge in [-0.1, -0.05) is 30.3 Å². The molecule has 0 spiro atoms. The van der Waals surface area contributed by atoms with Gasteiger partial charge in [0, 0.05) is 17.0 Å². The van der Waals surface area contributed by atoms with Gasteiger partial charge in [-0.05, 0) is 32.8 Å². The highest BCUT2D eigenvalue weighted by Crippen LogP contribution is 2.42. The number of fused-ring (bicyclic) bond motifs is 3. The number of carbonyl (C=O) groups is 1. The summed E-state index contributed by atoms with van der Waals surface area (Å²) in [6.45, 7) is 6.06. The number of thiophene rings is 1. The number of halogens is 3. The molecule has 170 valence electrons. The molecular formula is C22H22F3N3O3S. The first-order valence-corrected chi connectivity index (χ1v) is 10.9. The molecule has 0 saturated heterocycles. The number of carbonyl (C=O) groups excluding carboxylic acids is 1. The summed E-state index contributed by atoms with van der Waals surface area (Å²) >= 11 is 1.32. The van der Waals surface area contributed by atoms with Gasteiger partial charge in [-0.3, -0.25) is 0 Å². The summed E-state index contributed by atoms with van der Waals surface area (Å²) in [5, 5.41) is 0.474. The van der Waals surface area contributed by atoms with Crippen molar-refractivity contribution in [2.24, 2.45) is 0 Å². The Bertz CT molecular complexity index is 1130. The Morgan fingerprint density at radius 3 is 2.53 bits per heavy atom. The van der Waals surface area contributed by atoms with Crippen molar-refractivity contribution in [1.29, 1.82) is 0 Å². The number of amides is 1. The summed E-state index contributed by atoms with van der Waals surface area (Å²) in [6, 6.07) is 7.46. The minimum atomic E-state index is -4.62. The molecule has 2 aromatic heterocycles. The van der Waals surface area contributed by atoms with Crippen LogP contribution in [0.4, 0.5) is 18.0 Å². The number of hydrogen-bond acceptors (Lipinski definition) is 6. The van der Waals surface area contributed by atoms with Crippen LogP contribution in [0.15, 0.2) is 36.7 Å². The molecule has 1 aromatic carbocycles. The van der Waals surface area contributed by atoms with Gasteiger partial charge in [-0.2, -0.15) is 13.2 Å². The molecule has 0 unspecified atom stereocenters. The number of nitrogens with zero attached hydrogens (tertiary/aromatic N) is 3. The van der Waals surface area contributed by atoms with Crippen LogP contribution in [0, 0.1) is 0 Å². The summed E-state index contributed by atoms with van der Waals surface area (Å²) < 4.78 is 52.3. The van der Waals surface area contributed by atoms with Gasteiger partial charge in [0.1, 0.15) is 16.8 Å². The predicted molar refractivity (Wildman–Crippen MR) is 114 cm³/mol. The molecule has 32 heavy (non-hydrogen) atoms. The maximum absolute atomic E-state index is 13.8. The van der Waals surface area contributed by atoms with E-state index in [0.29, 0.717) is 29.7 Å². The van der Waals surface area contributed by atoms with E-state index in [-0.39, 0.29) is 11.4 Å². The minimum Gasteiger partial charge on any atom is -0.459 e. The van der Waals surface area contributed by atoms with Crippen LogP contribution in [-0.2, 0) is 17.7 Å². The molecule has 1 amide bonds. The van der Waals surface area contributed by atoms with E-state index in [1.165, 1.54) is 41.9 Å². The van der Waals surface area contributed by atoms with E-state index in [1.807, 2.05) is 0 Å². The van der Waals surface area contributed by atoms with Crippen molar-refractivity contribution >= 4 is 27.6 Å². The van der Waals surface area contributed by atoms with E-state index in [1.54, 1.807) is 31.7 Å². The van der Waals surface area contributed by atoms with Crippen LogP contribution in [0.1, 0.15) is 42.9 Å². The first kappa shape index (κ1) is 22.3. The molecule has 0 radical (unpaired) electrons. The van der Waals surface area contributed by atoms with Crippen LogP contribution < -0.4 is 4.74 Å². The molecule has 1 aliphatic heterocycles. The summed E-state index contributed by atoms with van der Waals surface area (Å²) in [5.74, 6) is -0.107. The molecule has 0 bridgehead atoms. The molecule has 0 aliphatic carbocycles. The van der Waals surface area contributed by atoms with Crippen molar-refractivity contribution in [2.45, 2.75) is 51.6 Å². The normalized spacial score (nSPS) is 15.4. The van der Waals surface area contributed by atoms with Gasteiger partial charge < -0.3 is 14.4 Å². The lowest BCUT2D eigenvalue weighted by atomic mass is 10.1. The third-order valence-electron chi connectivity index (χ3n) is 4.88. The van der Waals surface area contributed by atoms with Crippen molar-refractivity contribution in [3.05, 3.63) is 52.7 Å². The third kappa shape index (κ3) is 4.64. The van der Waals surface area contributed by atoms with Gasteiger partial charge >= 0.3 is 12.3 Å². The third-order valence-corrected chi connectivity index (χ3v) is 6.01. The average molecular weight is 465 g/mol. The van der Waals surface area contributed by atoms with Crippen LogP contribution in [0.25, 0.3) is 10.2 Å². The predicted octanol–water partition coefficient (Wildman–Crippen LogP) is 5.67. The number of benzene rings is 1. The Kier molecular flexibility index (Phi) is 5.74. The van der Waals surface area contributed by atoms with Gasteiger partial charge in [0.15, 0.2) is 0 Å². The van der Waals surface area contributed by atoms with Crippen LogP contribution in [0.3, 0.4) is 0 Å². The zero-order valence-corrected chi connectivity index (χ0v) is 18.6. The highest BCUT2D eigenvalue weighted by molar-refractivity contribution is 7.18. The summed E-state index contributed by atoms with van der Waals surface area (Å²) in [4.78, 5) is 23.7. The van der Waals surface area contributed by atoms with Crippen LogP contribution in [0.5, 0.6) is 5.88 Å². The number of rotatable bonds is 3. The number of hydrogen-bond donors (Lipinski definition) is 0. The molecule has 4 rings (SSSR count). The largest absolute Gasteiger partial charge is 0.459 e. The Hall–Kier alpha value is -2.88. The molecule has 6 nitrogen and oxygen atoms in total. The number of aromatic nitrogens is 2. The van der Waals surface area contributed by atoms with E-state index in [0.717, 1.165) is 10.4 Å². The molecule has 0 fully saturated rings. The average Bonchev–Trinajstić information content (AvgIpc) is 3.09. The van der Waals surface area contributed by atoms with E-state index in [4.69, 9.17) is 9.47 Å². The fourth-order valence-electron chi connectivity index (χ4n) is 3.53. The minimum absolute atomic E-state index is 0.00744. The van der Waals surface area contributed by atoms with Gasteiger partial charge in [0.25, 0.3) is 0 Å². The highest BCUT2D eigenvalue weighted by atomic mass is 32.1. The Morgan fingerprint density at radius 2 is 1.88 bits per heavy atom. The summed E-state index contributed by atoms with van der Waals surface area (Å²) in [7, 11) is 0. The Labute approximate surface area is 187 Å². The standard InChI is InChI=1S/C22H22F3N3O3S/c1-21(2,3)31-20(29)28-10-9-14-15(11-28)32-19-16(14)18(26-12-27-19)30-17(22(23,24)25)13-7-5-4-6-8-13/h4-8,12,17H,9-11H2,1-3H3/t17-/m0/s1. The maximum Gasteiger partial charge on any atom is 0.429 e. The molecule has 1 atom stereocenters. The van der Waals surface area contributed by atoms with Crippen LogP contribution in [0.2, 0.25) is 0 Å². The summed E-state index contributed by atoms with van der Waals surface area (Å²) in [6.07, 6.45) is -5.56. The van der Waals surface area contributed by atoms with E-state index in [9.17, 15) is 18.0 Å². The SMILES string of the molecule is CC(C)(C)OC(=O)N1CCc2c(sc3ncnc(O[C@@H](c4ccccc4)C(F)(F)F)c23)C1. The zero-order valence-electron chi connectivity index (χ0n) is 17.8. The molecule has 1 aliphatic rings. The van der Waals surface area contributed by atoms with Crippen molar-refractivity contribution < 1.29 is 27.4 Å². The van der Waals surface area contributed by atoms with Crippen molar-refractivity contribution in [1.82, 2.24) is 14.9 Å². The molecule has 0 saturated carbocycles. The second kappa shape index (κ2) is 8.23. The van der Waals surface area contributed by atoms with Crippen molar-refractivity contribution in [3.8, 4) is 5.88 Å². The lowest BCUT2D eigenvalue weighted by molar-refractivity contribution is -0.198. The lowest BCUT2D eigenvalue weighted by Crippen LogP contribution is -2.39. The van der Waals surface area contributed by atoms with E-state index >= 15 is 0 Å². The number of alkyl halides is 3. The fourth-order valence-corrected chi connectivity index (χ4v) is 4.73. The van der Waals surface area contributed by atoms with Gasteiger partial charge in [-0.15, -0.1) is 11.3 Å². The first-order valence-electron chi connectivity index (χ1n) is 10.0. The maximum atomic E-state index is 13.8. The van der Waals surface area contributed by atoms with Gasteiger partial charge in [-0.25, -0.2) is 14.8 Å². The molecular weight excluding hydrogens is 443 g/mol. The van der Waals surface area contributed by atoms with E-state index < -0.39 is 24.0 Å². The van der Waals surface area contributed by atoms with Gasteiger partial charge in [0.05, 0.1) is 11.9 Å². The van der Waals surface area contributed by atoms with Crippen LogP contribution in [-0.4, -0.2) is 39.3 Å². The Balaban J connectivity index is 1.67. The van der Waals surface area contributed by atoms with Crippen molar-refractivity contribution in [2.75, 3.05) is 6.54 Å². The second-order valence-electron chi connectivity index (χ2n) is 8.46. The molecule has 10 heteroatoms. The molecule has 3 heterocycles. The van der Waals surface area contributed by atoms with Gasteiger partial charge in [0.2, 0.25) is 12.0 Å². The van der Waals surface area contributed by atoms with Crippen molar-refractivity contribution in [3.63, 3.8) is 0 Å². The highest BCUT2D eigenvalue weighted by Gasteiger charge is 2.44. The Morgan fingerprint density at radius 1 is 1.16 bits per heavy atom. The quantitative estimate of drug-likeness (QED) is 0.499. The fraction of sp³-hybridized carbons (Fsp3) is 0.409. The summed E-state index contributed by atoms with van der Waals surface area (Å²) in [5.41, 5.74) is 0.190. The monoisotopic (exact) mass is 465 g/mol. The molecule has 0 N–H and O–H groups in total. The first-order chi connectivity index (χ1) is 15.0. The molecule has 3 aromatic rings.